The Labute approximate surface area is 128 Å². The number of hydrogen-bond donors (Lipinski definition) is 3. The molecule has 1 spiro atoms. The van der Waals surface area contributed by atoms with Crippen LogP contribution < -0.4 is 16.4 Å². The van der Waals surface area contributed by atoms with E-state index in [-0.39, 0.29) is 12.0 Å². The van der Waals surface area contributed by atoms with Crippen molar-refractivity contribution in [3.8, 4) is 0 Å². The molecule has 6 nitrogen and oxygen atoms in total. The van der Waals surface area contributed by atoms with Crippen LogP contribution in [0.4, 0.5) is 5.13 Å². The average Bonchev–Trinajstić information content (AvgIpc) is 2.94. The van der Waals surface area contributed by atoms with Crippen LogP contribution in [0.2, 0.25) is 0 Å². The second kappa shape index (κ2) is 6.29. The molecule has 0 aliphatic carbocycles. The molecule has 21 heavy (non-hydrogen) atoms. The molecular weight excluding hydrogens is 288 g/mol. The number of nitrogens with one attached hydrogen (secondary N) is 2. The van der Waals surface area contributed by atoms with Gasteiger partial charge in [-0.15, -0.1) is 11.3 Å². The van der Waals surface area contributed by atoms with Crippen LogP contribution in [0, 0.1) is 5.41 Å². The van der Waals surface area contributed by atoms with Crippen molar-refractivity contribution >= 4 is 22.4 Å². The van der Waals surface area contributed by atoms with Gasteiger partial charge in [-0.1, -0.05) is 0 Å². The fourth-order valence-electron chi connectivity index (χ4n) is 3.12. The molecule has 7 heteroatoms. The van der Waals surface area contributed by atoms with Gasteiger partial charge in [0, 0.05) is 11.9 Å². The number of hydrogen-bond acceptors (Lipinski definition) is 6. The van der Waals surface area contributed by atoms with Crippen LogP contribution >= 0.6 is 11.3 Å². The summed E-state index contributed by atoms with van der Waals surface area (Å²) >= 11 is 1.28. The molecule has 2 fully saturated rings. The highest BCUT2D eigenvalue weighted by molar-refractivity contribution is 7.13. The number of nitrogens with zero attached hydrogens (tertiary/aromatic N) is 1. The van der Waals surface area contributed by atoms with Gasteiger partial charge < -0.3 is 21.1 Å². The summed E-state index contributed by atoms with van der Waals surface area (Å²) in [6, 6.07) is 0. The summed E-state index contributed by atoms with van der Waals surface area (Å²) in [5.41, 5.74) is 6.29. The molecule has 2 saturated heterocycles. The zero-order valence-electron chi connectivity index (χ0n) is 12.1. The van der Waals surface area contributed by atoms with E-state index in [1.54, 1.807) is 5.38 Å². The van der Waals surface area contributed by atoms with E-state index in [1.807, 2.05) is 0 Å². The van der Waals surface area contributed by atoms with E-state index in [0.717, 1.165) is 26.1 Å². The topological polar surface area (TPSA) is 89.3 Å². The molecule has 1 amide bonds. The third-order valence-electron chi connectivity index (χ3n) is 4.53. The molecule has 2 aliphatic rings. The summed E-state index contributed by atoms with van der Waals surface area (Å²) in [6.45, 7) is 3.55. The quantitative estimate of drug-likeness (QED) is 0.775. The number of nitrogen functional groups attached to an aromatic ring is 1. The van der Waals surface area contributed by atoms with E-state index in [1.165, 1.54) is 30.6 Å². The number of amides is 1. The lowest BCUT2D eigenvalue weighted by molar-refractivity contribution is -0.0721. The summed E-state index contributed by atoms with van der Waals surface area (Å²) in [5, 5.41) is 8.38. The van der Waals surface area contributed by atoms with Crippen molar-refractivity contribution in [2.24, 2.45) is 5.41 Å². The van der Waals surface area contributed by atoms with Crippen molar-refractivity contribution in [3.05, 3.63) is 11.1 Å². The van der Waals surface area contributed by atoms with Crippen LogP contribution in [-0.4, -0.2) is 43.2 Å². The van der Waals surface area contributed by atoms with Gasteiger partial charge in [-0.3, -0.25) is 4.79 Å². The number of piperidine rings is 1. The number of carbonyl (C=O) groups is 1. The van der Waals surface area contributed by atoms with Crippen molar-refractivity contribution < 1.29 is 9.53 Å². The Kier molecular flexibility index (Phi) is 4.42. The number of nitrogens with two attached hydrogens (primary N) is 1. The number of thiazole rings is 1. The van der Waals surface area contributed by atoms with E-state index >= 15 is 0 Å². The third-order valence-corrected chi connectivity index (χ3v) is 5.20. The average molecular weight is 310 g/mol. The molecule has 1 atom stereocenters. The first-order valence-electron chi connectivity index (χ1n) is 7.48. The van der Waals surface area contributed by atoms with Gasteiger partial charge in [0.05, 0.1) is 12.7 Å². The van der Waals surface area contributed by atoms with Crippen LogP contribution in [-0.2, 0) is 4.74 Å². The smallest absolute Gasteiger partial charge is 0.270 e. The van der Waals surface area contributed by atoms with Crippen LogP contribution in [0.1, 0.15) is 36.2 Å². The predicted molar refractivity (Wildman–Crippen MR) is 82.4 cm³/mol. The Morgan fingerprint density at radius 3 is 2.95 bits per heavy atom. The molecule has 1 unspecified atom stereocenters. The minimum absolute atomic E-state index is 0.116. The Morgan fingerprint density at radius 1 is 1.52 bits per heavy atom. The molecule has 1 aromatic heterocycles. The normalized spacial score (nSPS) is 24.9. The van der Waals surface area contributed by atoms with Gasteiger partial charge in [0.2, 0.25) is 0 Å². The van der Waals surface area contributed by atoms with Gasteiger partial charge >= 0.3 is 0 Å². The van der Waals surface area contributed by atoms with Crippen molar-refractivity contribution in [1.82, 2.24) is 15.6 Å². The maximum Gasteiger partial charge on any atom is 0.270 e. The summed E-state index contributed by atoms with van der Waals surface area (Å²) in [4.78, 5) is 15.9. The summed E-state index contributed by atoms with van der Waals surface area (Å²) in [5.74, 6) is -0.172. The highest BCUT2D eigenvalue weighted by Gasteiger charge is 2.37. The predicted octanol–water partition coefficient (Wildman–Crippen LogP) is 1.00. The minimum Gasteiger partial charge on any atom is -0.376 e. The Hall–Kier alpha value is -1.18. The van der Waals surface area contributed by atoms with E-state index in [2.05, 4.69) is 15.6 Å². The molecular formula is C14H22N4O2S. The monoisotopic (exact) mass is 310 g/mol. The Balaban J connectivity index is 1.44. The fourth-order valence-corrected chi connectivity index (χ4v) is 3.66. The molecule has 0 aromatic carbocycles. The molecule has 1 aromatic rings. The highest BCUT2D eigenvalue weighted by Crippen LogP contribution is 2.38. The first-order valence-corrected chi connectivity index (χ1v) is 8.36. The van der Waals surface area contributed by atoms with Crippen LogP contribution in [0.15, 0.2) is 5.38 Å². The number of ether oxygens (including phenoxy) is 1. The van der Waals surface area contributed by atoms with Crippen LogP contribution in [0.5, 0.6) is 0 Å². The second-order valence-corrected chi connectivity index (χ2v) is 6.89. The SMILES string of the molecule is Nc1nc(C(=O)NCC2CCC3(CCNCC3)CO2)cs1. The van der Waals surface area contributed by atoms with Crippen molar-refractivity contribution in [2.45, 2.75) is 31.8 Å². The summed E-state index contributed by atoms with van der Waals surface area (Å²) in [6.07, 6.45) is 4.72. The molecule has 116 valence electrons. The van der Waals surface area contributed by atoms with E-state index in [9.17, 15) is 4.79 Å². The maximum absolute atomic E-state index is 11.9. The third kappa shape index (κ3) is 3.53. The molecule has 0 saturated carbocycles. The maximum atomic E-state index is 11.9. The molecule has 4 N–H and O–H groups in total. The largest absolute Gasteiger partial charge is 0.376 e. The van der Waals surface area contributed by atoms with E-state index < -0.39 is 0 Å². The molecule has 2 aliphatic heterocycles. The van der Waals surface area contributed by atoms with Crippen LogP contribution in [0.3, 0.4) is 0 Å². The molecule has 3 rings (SSSR count). The minimum atomic E-state index is -0.172. The molecule has 0 radical (unpaired) electrons. The fraction of sp³-hybridized carbons (Fsp3) is 0.714. The van der Waals surface area contributed by atoms with Gasteiger partial charge in [-0.2, -0.15) is 0 Å². The zero-order chi connectivity index (χ0) is 14.7. The van der Waals surface area contributed by atoms with Crippen molar-refractivity contribution in [3.63, 3.8) is 0 Å². The lowest BCUT2D eigenvalue weighted by Gasteiger charge is -2.43. The van der Waals surface area contributed by atoms with E-state index in [4.69, 9.17) is 10.5 Å². The first-order chi connectivity index (χ1) is 10.2. The van der Waals surface area contributed by atoms with Gasteiger partial charge in [0.1, 0.15) is 5.69 Å². The number of carbonyl (C=O) groups excluding carboxylic acids is 1. The highest BCUT2D eigenvalue weighted by atomic mass is 32.1. The standard InChI is InChI=1S/C14H22N4O2S/c15-13-18-11(8-21-13)12(19)17-7-10-1-2-14(9-20-10)3-5-16-6-4-14/h8,10,16H,1-7,9H2,(H2,15,18)(H,17,19). The molecule has 0 bridgehead atoms. The van der Waals surface area contributed by atoms with Gasteiger partial charge in [0.15, 0.2) is 5.13 Å². The van der Waals surface area contributed by atoms with E-state index in [0.29, 0.717) is 22.8 Å². The van der Waals surface area contributed by atoms with Gasteiger partial charge in [0.25, 0.3) is 5.91 Å². The lowest BCUT2D eigenvalue weighted by Crippen LogP contribution is -2.46. The van der Waals surface area contributed by atoms with Crippen molar-refractivity contribution in [2.75, 3.05) is 32.0 Å². The summed E-state index contributed by atoms with van der Waals surface area (Å²) in [7, 11) is 0. The number of rotatable bonds is 3. The Bertz CT molecular complexity index is 489. The zero-order valence-corrected chi connectivity index (χ0v) is 12.9. The second-order valence-electron chi connectivity index (χ2n) is 6.00. The van der Waals surface area contributed by atoms with Crippen molar-refractivity contribution in [1.29, 1.82) is 0 Å². The lowest BCUT2D eigenvalue weighted by atomic mass is 9.74. The van der Waals surface area contributed by atoms with Crippen LogP contribution in [0.25, 0.3) is 0 Å². The van der Waals surface area contributed by atoms with Gasteiger partial charge in [-0.25, -0.2) is 4.98 Å². The molecule has 3 heterocycles. The first kappa shape index (κ1) is 14.7. The number of anilines is 1. The summed E-state index contributed by atoms with van der Waals surface area (Å²) < 4.78 is 5.98. The van der Waals surface area contributed by atoms with Gasteiger partial charge in [-0.05, 0) is 44.2 Å². The number of aromatic nitrogens is 1. The Morgan fingerprint density at radius 2 is 2.33 bits per heavy atom.